The van der Waals surface area contributed by atoms with E-state index in [4.69, 9.17) is 9.26 Å². The summed E-state index contributed by atoms with van der Waals surface area (Å²) in [5, 5.41) is 4.65. The molecule has 4 nitrogen and oxygen atoms in total. The van der Waals surface area contributed by atoms with Crippen LogP contribution in [0.4, 0.5) is 0 Å². The summed E-state index contributed by atoms with van der Waals surface area (Å²) in [7, 11) is 1.51. The number of hydrogen-bond acceptors (Lipinski definition) is 4. The highest BCUT2D eigenvalue weighted by Gasteiger charge is 2.12. The summed E-state index contributed by atoms with van der Waals surface area (Å²) >= 11 is 0. The number of methoxy groups -OCH3 is 1. The molecule has 0 unspecified atom stereocenters. The number of rotatable bonds is 2. The third kappa shape index (κ3) is 1.08. The van der Waals surface area contributed by atoms with E-state index in [-0.39, 0.29) is 0 Å². The van der Waals surface area contributed by atoms with Crippen LogP contribution in [-0.2, 0) is 0 Å². The number of carbonyl (C=O) groups is 1. The predicted molar refractivity (Wildman–Crippen MR) is 50.7 cm³/mol. The van der Waals surface area contributed by atoms with Gasteiger partial charge in [0.2, 0.25) is 0 Å². The average Bonchev–Trinajstić information content (AvgIpc) is 2.59. The van der Waals surface area contributed by atoms with E-state index in [2.05, 4.69) is 5.16 Å². The zero-order valence-electron chi connectivity index (χ0n) is 7.90. The Morgan fingerprint density at radius 3 is 2.93 bits per heavy atom. The highest BCUT2D eigenvalue weighted by atomic mass is 16.5. The van der Waals surface area contributed by atoms with E-state index in [1.165, 1.54) is 7.11 Å². The Balaban J connectivity index is 2.84. The molecule has 1 heterocycles. The number of nitrogens with zero attached hydrogens (tertiary/aromatic N) is 1. The Kier molecular flexibility index (Phi) is 1.96. The standard InChI is InChI=1S/C10H9NO3/c1-6-7-3-4-9(13-2)8(5-12)10(7)11-14-6/h3-5H,1-2H3. The molecule has 14 heavy (non-hydrogen) atoms. The maximum absolute atomic E-state index is 10.8. The molecule has 2 rings (SSSR count). The van der Waals surface area contributed by atoms with Crippen LogP contribution in [0, 0.1) is 6.92 Å². The largest absolute Gasteiger partial charge is 0.496 e. The van der Waals surface area contributed by atoms with Gasteiger partial charge in [0.25, 0.3) is 0 Å². The molecule has 1 aromatic carbocycles. The lowest BCUT2D eigenvalue weighted by Gasteiger charge is -2.01. The van der Waals surface area contributed by atoms with E-state index in [1.807, 2.05) is 6.07 Å². The third-order valence-electron chi connectivity index (χ3n) is 2.17. The van der Waals surface area contributed by atoms with Crippen LogP contribution in [0.2, 0.25) is 0 Å². The second-order valence-electron chi connectivity index (χ2n) is 2.93. The van der Waals surface area contributed by atoms with Gasteiger partial charge in [-0.3, -0.25) is 4.79 Å². The summed E-state index contributed by atoms with van der Waals surface area (Å²) in [6.45, 7) is 1.80. The monoisotopic (exact) mass is 191 g/mol. The Bertz CT molecular complexity index is 487. The maximum Gasteiger partial charge on any atom is 0.156 e. The van der Waals surface area contributed by atoms with Crippen molar-refractivity contribution in [3.63, 3.8) is 0 Å². The van der Waals surface area contributed by atoms with Crippen LogP contribution in [-0.4, -0.2) is 18.6 Å². The summed E-state index contributed by atoms with van der Waals surface area (Å²) in [4.78, 5) is 10.8. The van der Waals surface area contributed by atoms with Gasteiger partial charge in [-0.05, 0) is 19.1 Å². The van der Waals surface area contributed by atoms with Gasteiger partial charge in [-0.2, -0.15) is 0 Å². The fourth-order valence-corrected chi connectivity index (χ4v) is 1.43. The van der Waals surface area contributed by atoms with Gasteiger partial charge in [-0.15, -0.1) is 0 Å². The number of aromatic nitrogens is 1. The first-order valence-corrected chi connectivity index (χ1v) is 4.16. The van der Waals surface area contributed by atoms with Gasteiger partial charge >= 0.3 is 0 Å². The lowest BCUT2D eigenvalue weighted by atomic mass is 10.1. The Morgan fingerprint density at radius 1 is 1.50 bits per heavy atom. The van der Waals surface area contributed by atoms with Gasteiger partial charge in [-0.1, -0.05) is 5.16 Å². The molecule has 0 aliphatic carbocycles. The van der Waals surface area contributed by atoms with Gasteiger partial charge in [0.05, 0.1) is 12.7 Å². The highest BCUT2D eigenvalue weighted by molar-refractivity contribution is 5.99. The third-order valence-corrected chi connectivity index (χ3v) is 2.17. The van der Waals surface area contributed by atoms with E-state index in [1.54, 1.807) is 13.0 Å². The van der Waals surface area contributed by atoms with Crippen LogP contribution in [0.3, 0.4) is 0 Å². The van der Waals surface area contributed by atoms with E-state index in [0.29, 0.717) is 22.6 Å². The van der Waals surface area contributed by atoms with E-state index >= 15 is 0 Å². The minimum atomic E-state index is 0.432. The molecule has 0 aliphatic heterocycles. The number of ether oxygens (including phenoxy) is 1. The van der Waals surface area contributed by atoms with Crippen molar-refractivity contribution in [2.75, 3.05) is 7.11 Å². The van der Waals surface area contributed by atoms with Crippen molar-refractivity contribution in [3.05, 3.63) is 23.5 Å². The molecule has 1 aromatic heterocycles. The number of carbonyl (C=O) groups excluding carboxylic acids is 1. The van der Waals surface area contributed by atoms with Gasteiger partial charge in [-0.25, -0.2) is 0 Å². The molecular weight excluding hydrogens is 182 g/mol. The molecule has 0 radical (unpaired) electrons. The zero-order chi connectivity index (χ0) is 10.1. The Labute approximate surface area is 80.4 Å². The van der Waals surface area contributed by atoms with Crippen molar-refractivity contribution in [2.24, 2.45) is 0 Å². The SMILES string of the molecule is COc1ccc2c(C)onc2c1C=O. The number of fused-ring (bicyclic) bond motifs is 1. The lowest BCUT2D eigenvalue weighted by molar-refractivity contribution is 0.112. The minimum absolute atomic E-state index is 0.432. The molecule has 2 aromatic rings. The molecule has 0 saturated heterocycles. The smallest absolute Gasteiger partial charge is 0.156 e. The summed E-state index contributed by atoms with van der Waals surface area (Å²) < 4.78 is 10.0. The van der Waals surface area contributed by atoms with Crippen molar-refractivity contribution in [1.29, 1.82) is 0 Å². The van der Waals surface area contributed by atoms with Gasteiger partial charge in [0.15, 0.2) is 6.29 Å². The van der Waals surface area contributed by atoms with Gasteiger partial charge < -0.3 is 9.26 Å². The van der Waals surface area contributed by atoms with Crippen LogP contribution in [0.1, 0.15) is 16.1 Å². The maximum atomic E-state index is 10.8. The first-order valence-electron chi connectivity index (χ1n) is 4.16. The fraction of sp³-hybridized carbons (Fsp3) is 0.200. The molecule has 72 valence electrons. The fourth-order valence-electron chi connectivity index (χ4n) is 1.43. The number of aldehydes is 1. The van der Waals surface area contributed by atoms with Crippen molar-refractivity contribution in [1.82, 2.24) is 5.16 Å². The lowest BCUT2D eigenvalue weighted by Crippen LogP contribution is -1.91. The Hall–Kier alpha value is -1.84. The second kappa shape index (κ2) is 3.14. The van der Waals surface area contributed by atoms with Crippen molar-refractivity contribution >= 4 is 17.2 Å². The van der Waals surface area contributed by atoms with Crippen LogP contribution >= 0.6 is 0 Å². The molecule has 0 amide bonds. The quantitative estimate of drug-likeness (QED) is 0.681. The van der Waals surface area contributed by atoms with Crippen molar-refractivity contribution in [3.8, 4) is 5.75 Å². The summed E-state index contributed by atoms with van der Waals surface area (Å²) in [5.74, 6) is 1.21. The Morgan fingerprint density at radius 2 is 2.29 bits per heavy atom. The van der Waals surface area contributed by atoms with E-state index in [9.17, 15) is 4.79 Å². The zero-order valence-corrected chi connectivity index (χ0v) is 7.90. The van der Waals surface area contributed by atoms with Crippen molar-refractivity contribution < 1.29 is 14.1 Å². The van der Waals surface area contributed by atoms with Crippen LogP contribution in [0.5, 0.6) is 5.75 Å². The van der Waals surface area contributed by atoms with Gasteiger partial charge in [0.1, 0.15) is 17.0 Å². The van der Waals surface area contributed by atoms with Crippen LogP contribution < -0.4 is 4.74 Å². The molecule has 0 aliphatic rings. The number of aryl methyl sites for hydroxylation is 1. The molecule has 4 heteroatoms. The molecule has 0 atom stereocenters. The highest BCUT2D eigenvalue weighted by Crippen LogP contribution is 2.27. The van der Waals surface area contributed by atoms with E-state index < -0.39 is 0 Å². The number of hydrogen-bond donors (Lipinski definition) is 0. The predicted octanol–water partition coefficient (Wildman–Crippen LogP) is 1.96. The van der Waals surface area contributed by atoms with Crippen LogP contribution in [0.15, 0.2) is 16.7 Å². The summed E-state index contributed by atoms with van der Waals surface area (Å²) in [5.41, 5.74) is 0.985. The van der Waals surface area contributed by atoms with E-state index in [0.717, 1.165) is 11.7 Å². The van der Waals surface area contributed by atoms with Crippen LogP contribution in [0.25, 0.3) is 10.9 Å². The topological polar surface area (TPSA) is 52.3 Å². The molecule has 0 N–H and O–H groups in total. The minimum Gasteiger partial charge on any atom is -0.496 e. The van der Waals surface area contributed by atoms with Gasteiger partial charge in [0, 0.05) is 5.39 Å². The van der Waals surface area contributed by atoms with Crippen molar-refractivity contribution in [2.45, 2.75) is 6.92 Å². The molecule has 0 fully saturated rings. The summed E-state index contributed by atoms with van der Waals surface area (Å²) in [6, 6.07) is 3.56. The molecule has 0 bridgehead atoms. The summed E-state index contributed by atoms with van der Waals surface area (Å²) in [6.07, 6.45) is 0.725. The second-order valence-corrected chi connectivity index (χ2v) is 2.93. The first kappa shape index (κ1) is 8.74. The average molecular weight is 191 g/mol. The first-order chi connectivity index (χ1) is 6.77. The number of benzene rings is 1. The molecule has 0 saturated carbocycles. The molecular formula is C10H9NO3. The molecule has 0 spiro atoms. The normalized spacial score (nSPS) is 10.4.